The van der Waals surface area contributed by atoms with Gasteiger partial charge in [-0.1, -0.05) is 33.1 Å². The van der Waals surface area contributed by atoms with Crippen molar-refractivity contribution in [3.8, 4) is 0 Å². The van der Waals surface area contributed by atoms with E-state index in [-0.39, 0.29) is 6.03 Å². The number of nitrogens with one attached hydrogen (secondary N) is 2. The van der Waals surface area contributed by atoms with E-state index in [1.165, 1.54) is 32.1 Å². The number of carbonyl (C=O) groups excluding carboxylic acids is 1. The quantitative estimate of drug-likeness (QED) is 0.743. The fraction of sp³-hybridized carbons (Fsp3) is 0.923. The normalized spacial score (nSPS) is 25.1. The third-order valence-electron chi connectivity index (χ3n) is 3.63. The van der Waals surface area contributed by atoms with Crippen molar-refractivity contribution in [1.82, 2.24) is 10.6 Å². The van der Waals surface area contributed by atoms with E-state index in [0.29, 0.717) is 5.92 Å². The third kappa shape index (κ3) is 4.86. The SMILES string of the molecule is CCCNC(=O)NCC1CCC(CC)CC1. The lowest BCUT2D eigenvalue weighted by atomic mass is 9.81. The first-order valence-corrected chi connectivity index (χ1v) is 6.77. The molecule has 0 aliphatic heterocycles. The highest BCUT2D eigenvalue weighted by molar-refractivity contribution is 5.73. The van der Waals surface area contributed by atoms with E-state index in [1.54, 1.807) is 0 Å². The van der Waals surface area contributed by atoms with E-state index in [9.17, 15) is 4.79 Å². The molecule has 1 aliphatic carbocycles. The van der Waals surface area contributed by atoms with Crippen LogP contribution in [0.25, 0.3) is 0 Å². The van der Waals surface area contributed by atoms with Crippen LogP contribution in [0.1, 0.15) is 52.4 Å². The van der Waals surface area contributed by atoms with Crippen molar-refractivity contribution in [3.63, 3.8) is 0 Å². The Morgan fingerprint density at radius 1 is 1.06 bits per heavy atom. The Hall–Kier alpha value is -0.730. The molecule has 1 rings (SSSR count). The highest BCUT2D eigenvalue weighted by Gasteiger charge is 2.19. The summed E-state index contributed by atoms with van der Waals surface area (Å²) in [6.07, 6.45) is 7.57. The van der Waals surface area contributed by atoms with Gasteiger partial charge in [0.25, 0.3) is 0 Å². The molecule has 1 aliphatic rings. The molecule has 0 aromatic rings. The molecular weight excluding hydrogens is 200 g/mol. The van der Waals surface area contributed by atoms with E-state index >= 15 is 0 Å². The monoisotopic (exact) mass is 226 g/mol. The van der Waals surface area contributed by atoms with Crippen molar-refractivity contribution >= 4 is 6.03 Å². The summed E-state index contributed by atoms with van der Waals surface area (Å²) in [7, 11) is 0. The minimum atomic E-state index is -0.000495. The standard InChI is InChI=1S/C13H26N2O/c1-3-9-14-13(16)15-10-12-7-5-11(4-2)6-8-12/h11-12H,3-10H2,1-2H3,(H2,14,15,16). The Morgan fingerprint density at radius 2 is 1.69 bits per heavy atom. The maximum absolute atomic E-state index is 11.3. The lowest BCUT2D eigenvalue weighted by Crippen LogP contribution is -2.39. The fourth-order valence-electron chi connectivity index (χ4n) is 2.38. The molecule has 16 heavy (non-hydrogen) atoms. The van der Waals surface area contributed by atoms with Gasteiger partial charge in [0.2, 0.25) is 0 Å². The second-order valence-electron chi connectivity index (χ2n) is 4.93. The van der Waals surface area contributed by atoms with Crippen LogP contribution in [0.3, 0.4) is 0 Å². The molecular formula is C13H26N2O. The molecule has 94 valence electrons. The van der Waals surface area contributed by atoms with Crippen molar-refractivity contribution in [2.24, 2.45) is 11.8 Å². The zero-order chi connectivity index (χ0) is 11.8. The molecule has 0 spiro atoms. The molecule has 1 fully saturated rings. The third-order valence-corrected chi connectivity index (χ3v) is 3.63. The molecule has 0 aromatic heterocycles. The van der Waals surface area contributed by atoms with Gasteiger partial charge in [0.05, 0.1) is 0 Å². The van der Waals surface area contributed by atoms with Crippen LogP contribution in [0.4, 0.5) is 4.79 Å². The molecule has 3 nitrogen and oxygen atoms in total. The number of rotatable bonds is 5. The fourth-order valence-corrected chi connectivity index (χ4v) is 2.38. The first-order chi connectivity index (χ1) is 7.76. The van der Waals surface area contributed by atoms with E-state index in [0.717, 1.165) is 25.4 Å². The van der Waals surface area contributed by atoms with Crippen LogP contribution < -0.4 is 10.6 Å². The molecule has 0 atom stereocenters. The Labute approximate surface area is 99.4 Å². The van der Waals surface area contributed by atoms with Crippen LogP contribution in [0, 0.1) is 11.8 Å². The number of carbonyl (C=O) groups is 1. The number of hydrogen-bond acceptors (Lipinski definition) is 1. The summed E-state index contributed by atoms with van der Waals surface area (Å²) < 4.78 is 0. The summed E-state index contributed by atoms with van der Waals surface area (Å²) in [4.78, 5) is 11.3. The summed E-state index contributed by atoms with van der Waals surface area (Å²) in [5.41, 5.74) is 0. The first kappa shape index (κ1) is 13.3. The average Bonchev–Trinajstić information content (AvgIpc) is 2.34. The largest absolute Gasteiger partial charge is 0.338 e. The lowest BCUT2D eigenvalue weighted by molar-refractivity contribution is 0.230. The van der Waals surface area contributed by atoms with Crippen LogP contribution >= 0.6 is 0 Å². The van der Waals surface area contributed by atoms with Crippen molar-refractivity contribution in [2.75, 3.05) is 13.1 Å². The predicted octanol–water partition coefficient (Wildman–Crippen LogP) is 2.91. The molecule has 0 saturated heterocycles. The Kier molecular flexibility index (Phi) is 6.27. The second kappa shape index (κ2) is 7.53. The van der Waals surface area contributed by atoms with Gasteiger partial charge in [-0.15, -0.1) is 0 Å². The number of urea groups is 1. The van der Waals surface area contributed by atoms with Crippen molar-refractivity contribution in [3.05, 3.63) is 0 Å². The predicted molar refractivity (Wildman–Crippen MR) is 67.4 cm³/mol. The van der Waals surface area contributed by atoms with Gasteiger partial charge in [0, 0.05) is 13.1 Å². The van der Waals surface area contributed by atoms with Gasteiger partial charge in [-0.25, -0.2) is 4.79 Å². The zero-order valence-electron chi connectivity index (χ0n) is 10.7. The molecule has 0 radical (unpaired) electrons. The summed E-state index contributed by atoms with van der Waals surface area (Å²) >= 11 is 0. The second-order valence-corrected chi connectivity index (χ2v) is 4.93. The van der Waals surface area contributed by atoms with Crippen LogP contribution in [-0.2, 0) is 0 Å². The summed E-state index contributed by atoms with van der Waals surface area (Å²) in [6, 6.07) is -0.000495. The van der Waals surface area contributed by atoms with Crippen molar-refractivity contribution in [1.29, 1.82) is 0 Å². The van der Waals surface area contributed by atoms with Gasteiger partial charge in [-0.2, -0.15) is 0 Å². The summed E-state index contributed by atoms with van der Waals surface area (Å²) in [5, 5.41) is 5.81. The van der Waals surface area contributed by atoms with E-state index in [2.05, 4.69) is 24.5 Å². The Bertz CT molecular complexity index is 198. The van der Waals surface area contributed by atoms with Crippen LogP contribution in [0.15, 0.2) is 0 Å². The molecule has 0 unspecified atom stereocenters. The van der Waals surface area contributed by atoms with E-state index in [1.807, 2.05) is 0 Å². The minimum Gasteiger partial charge on any atom is -0.338 e. The highest BCUT2D eigenvalue weighted by atomic mass is 16.2. The maximum atomic E-state index is 11.3. The topological polar surface area (TPSA) is 41.1 Å². The molecule has 0 bridgehead atoms. The molecule has 0 aromatic carbocycles. The van der Waals surface area contributed by atoms with E-state index in [4.69, 9.17) is 0 Å². The smallest absolute Gasteiger partial charge is 0.314 e. The van der Waals surface area contributed by atoms with Gasteiger partial charge in [-0.05, 0) is 31.1 Å². The first-order valence-electron chi connectivity index (χ1n) is 6.77. The molecule has 2 amide bonds. The highest BCUT2D eigenvalue weighted by Crippen LogP contribution is 2.29. The minimum absolute atomic E-state index is 0.000495. The average molecular weight is 226 g/mol. The molecule has 1 saturated carbocycles. The van der Waals surface area contributed by atoms with Gasteiger partial charge in [0.15, 0.2) is 0 Å². The van der Waals surface area contributed by atoms with Gasteiger partial charge < -0.3 is 10.6 Å². The van der Waals surface area contributed by atoms with Crippen LogP contribution in [-0.4, -0.2) is 19.1 Å². The number of hydrogen-bond donors (Lipinski definition) is 2. The van der Waals surface area contributed by atoms with Crippen molar-refractivity contribution < 1.29 is 4.79 Å². The summed E-state index contributed by atoms with van der Waals surface area (Å²) in [5.74, 6) is 1.64. The Balaban J connectivity index is 2.07. The number of amides is 2. The molecule has 3 heteroatoms. The van der Waals surface area contributed by atoms with Gasteiger partial charge >= 0.3 is 6.03 Å². The van der Waals surface area contributed by atoms with E-state index < -0.39 is 0 Å². The summed E-state index contributed by atoms with van der Waals surface area (Å²) in [6.45, 7) is 5.97. The van der Waals surface area contributed by atoms with Crippen molar-refractivity contribution in [2.45, 2.75) is 52.4 Å². The van der Waals surface area contributed by atoms with Gasteiger partial charge in [0.1, 0.15) is 0 Å². The van der Waals surface area contributed by atoms with Gasteiger partial charge in [-0.3, -0.25) is 0 Å². The van der Waals surface area contributed by atoms with Crippen LogP contribution in [0.5, 0.6) is 0 Å². The maximum Gasteiger partial charge on any atom is 0.314 e. The lowest BCUT2D eigenvalue weighted by Gasteiger charge is -2.27. The Morgan fingerprint density at radius 3 is 2.25 bits per heavy atom. The zero-order valence-corrected chi connectivity index (χ0v) is 10.7. The molecule has 2 N–H and O–H groups in total. The van der Waals surface area contributed by atoms with Crippen LogP contribution in [0.2, 0.25) is 0 Å². The molecule has 0 heterocycles.